The summed E-state index contributed by atoms with van der Waals surface area (Å²) in [5.74, 6) is 0. The molecule has 0 aliphatic heterocycles. The van der Waals surface area contributed by atoms with Gasteiger partial charge in [-0.2, -0.15) is 11.3 Å². The summed E-state index contributed by atoms with van der Waals surface area (Å²) < 4.78 is 0. The number of carbonyl (C=O) groups excluding carboxylic acids is 1. The van der Waals surface area contributed by atoms with Gasteiger partial charge in [-0.25, -0.2) is 0 Å². The molecule has 0 atom stereocenters. The normalized spacial score (nSPS) is 11.4. The molecule has 0 N–H and O–H groups in total. The molecule has 2 nitrogen and oxygen atoms in total. The maximum atomic E-state index is 11.2. The lowest BCUT2D eigenvalue weighted by Crippen LogP contribution is -2.42. The van der Waals surface area contributed by atoms with Gasteiger partial charge in [-0.05, 0) is 54.8 Å². The molecule has 0 unspecified atom stereocenters. The van der Waals surface area contributed by atoms with Gasteiger partial charge in [0.15, 0.2) is 0 Å². The van der Waals surface area contributed by atoms with Crippen LogP contribution in [0.2, 0.25) is 0 Å². The van der Waals surface area contributed by atoms with Gasteiger partial charge < -0.3 is 4.90 Å². The van der Waals surface area contributed by atoms with Crippen LogP contribution in [-0.2, 0) is 6.54 Å². The zero-order valence-electron chi connectivity index (χ0n) is 8.58. The van der Waals surface area contributed by atoms with Gasteiger partial charge in [-0.15, -0.1) is 0 Å². The molecule has 0 saturated heterocycles. The summed E-state index contributed by atoms with van der Waals surface area (Å²) in [6.45, 7) is 6.49. The van der Waals surface area contributed by atoms with Crippen molar-refractivity contribution in [1.82, 2.24) is 4.90 Å². The van der Waals surface area contributed by atoms with Gasteiger partial charge in [0, 0.05) is 12.1 Å². The fourth-order valence-electron chi connectivity index (χ4n) is 1.13. The van der Waals surface area contributed by atoms with Gasteiger partial charge >= 0.3 is 5.37 Å². The van der Waals surface area contributed by atoms with E-state index >= 15 is 0 Å². The third kappa shape index (κ3) is 3.00. The predicted octanol–water partition coefficient (Wildman–Crippen LogP) is 3.71. The molecule has 4 heteroatoms. The summed E-state index contributed by atoms with van der Waals surface area (Å²) in [5, 5.41) is 3.62. The number of hydrogen-bond acceptors (Lipinski definition) is 2. The number of halogens is 1. The number of hydrogen-bond donors (Lipinski definition) is 0. The van der Waals surface area contributed by atoms with E-state index in [-0.39, 0.29) is 5.54 Å². The average Bonchev–Trinajstić information content (AvgIpc) is 2.48. The standard InChI is InChI=1S/C10H14ClNOS/c1-10(2,3)12(9(11)13)6-8-4-5-14-7-8/h4-5,7H,6H2,1-3H3. The van der Waals surface area contributed by atoms with Crippen molar-refractivity contribution in [2.24, 2.45) is 0 Å². The molecule has 0 radical (unpaired) electrons. The van der Waals surface area contributed by atoms with Gasteiger partial charge in [-0.1, -0.05) is 0 Å². The van der Waals surface area contributed by atoms with Crippen LogP contribution in [0.25, 0.3) is 0 Å². The van der Waals surface area contributed by atoms with E-state index in [0.717, 1.165) is 5.56 Å². The van der Waals surface area contributed by atoms with Crippen molar-refractivity contribution in [1.29, 1.82) is 0 Å². The van der Waals surface area contributed by atoms with Gasteiger partial charge in [0.25, 0.3) is 0 Å². The Morgan fingerprint density at radius 2 is 2.21 bits per heavy atom. The van der Waals surface area contributed by atoms with Crippen LogP contribution in [0.3, 0.4) is 0 Å². The van der Waals surface area contributed by atoms with Crippen molar-refractivity contribution < 1.29 is 4.79 Å². The molecule has 1 aromatic heterocycles. The van der Waals surface area contributed by atoms with Crippen LogP contribution in [0.5, 0.6) is 0 Å². The lowest BCUT2D eigenvalue weighted by Gasteiger charge is -2.33. The van der Waals surface area contributed by atoms with Crippen LogP contribution in [0.15, 0.2) is 16.8 Å². The number of nitrogens with zero attached hydrogens (tertiary/aromatic N) is 1. The minimum Gasteiger partial charge on any atom is -0.320 e. The summed E-state index contributed by atoms with van der Waals surface area (Å²) in [6, 6.07) is 2.00. The van der Waals surface area contributed by atoms with Crippen LogP contribution in [0, 0.1) is 0 Å². The Kier molecular flexibility index (Phi) is 3.56. The first-order valence-corrected chi connectivity index (χ1v) is 5.71. The zero-order valence-corrected chi connectivity index (χ0v) is 10.2. The molecule has 1 rings (SSSR count). The number of amides is 1. The Morgan fingerprint density at radius 1 is 1.57 bits per heavy atom. The molecular weight excluding hydrogens is 218 g/mol. The molecule has 1 heterocycles. The van der Waals surface area contributed by atoms with Crippen molar-refractivity contribution in [3.63, 3.8) is 0 Å². The minimum atomic E-state index is -0.399. The summed E-state index contributed by atoms with van der Waals surface area (Å²) in [6.07, 6.45) is 0. The second-order valence-electron chi connectivity index (χ2n) is 4.14. The zero-order chi connectivity index (χ0) is 10.8. The molecule has 0 spiro atoms. The molecule has 0 aliphatic carbocycles. The molecular formula is C10H14ClNOS. The highest BCUT2D eigenvalue weighted by Gasteiger charge is 2.25. The van der Waals surface area contributed by atoms with Crippen molar-refractivity contribution >= 4 is 28.3 Å². The number of rotatable bonds is 2. The van der Waals surface area contributed by atoms with E-state index in [9.17, 15) is 4.79 Å². The van der Waals surface area contributed by atoms with Crippen molar-refractivity contribution in [3.8, 4) is 0 Å². The Morgan fingerprint density at radius 3 is 2.57 bits per heavy atom. The maximum absolute atomic E-state index is 11.2. The summed E-state index contributed by atoms with van der Waals surface area (Å²) >= 11 is 7.16. The van der Waals surface area contributed by atoms with Crippen molar-refractivity contribution in [3.05, 3.63) is 22.4 Å². The van der Waals surface area contributed by atoms with Crippen molar-refractivity contribution in [2.75, 3.05) is 0 Å². The molecule has 0 saturated carbocycles. The highest BCUT2D eigenvalue weighted by atomic mass is 35.5. The van der Waals surface area contributed by atoms with Gasteiger partial charge in [0.1, 0.15) is 0 Å². The van der Waals surface area contributed by atoms with Gasteiger partial charge in [0.2, 0.25) is 0 Å². The average molecular weight is 232 g/mol. The number of carbonyl (C=O) groups is 1. The largest absolute Gasteiger partial charge is 0.320 e. The van der Waals surface area contributed by atoms with Gasteiger partial charge in [-0.3, -0.25) is 4.79 Å². The van der Waals surface area contributed by atoms with Crippen molar-refractivity contribution in [2.45, 2.75) is 32.9 Å². The monoisotopic (exact) mass is 231 g/mol. The quantitative estimate of drug-likeness (QED) is 0.561. The third-order valence-electron chi connectivity index (χ3n) is 1.94. The first kappa shape index (κ1) is 11.5. The molecule has 0 aliphatic rings. The fraction of sp³-hybridized carbons (Fsp3) is 0.500. The lowest BCUT2D eigenvalue weighted by atomic mass is 10.1. The summed E-state index contributed by atoms with van der Waals surface area (Å²) in [4.78, 5) is 12.9. The fourth-order valence-corrected chi connectivity index (χ4v) is 2.10. The Labute approximate surface area is 93.5 Å². The first-order chi connectivity index (χ1) is 6.41. The van der Waals surface area contributed by atoms with E-state index in [1.165, 1.54) is 0 Å². The van der Waals surface area contributed by atoms with Gasteiger partial charge in [0.05, 0.1) is 0 Å². The van der Waals surface area contributed by atoms with E-state index in [4.69, 9.17) is 11.6 Å². The maximum Gasteiger partial charge on any atom is 0.317 e. The highest BCUT2D eigenvalue weighted by molar-refractivity contribution is 7.07. The molecule has 0 fully saturated rings. The molecule has 0 bridgehead atoms. The second-order valence-corrected chi connectivity index (χ2v) is 5.24. The van der Waals surface area contributed by atoms with E-state index in [0.29, 0.717) is 6.54 Å². The summed E-state index contributed by atoms with van der Waals surface area (Å²) in [7, 11) is 0. The lowest BCUT2D eigenvalue weighted by molar-refractivity contribution is 0.161. The smallest absolute Gasteiger partial charge is 0.317 e. The van der Waals surface area contributed by atoms with E-state index in [1.54, 1.807) is 16.2 Å². The predicted molar refractivity (Wildman–Crippen MR) is 60.9 cm³/mol. The molecule has 1 aromatic rings. The van der Waals surface area contributed by atoms with Crippen LogP contribution in [0.1, 0.15) is 26.3 Å². The van der Waals surface area contributed by atoms with Crippen LogP contribution < -0.4 is 0 Å². The molecule has 78 valence electrons. The second kappa shape index (κ2) is 4.32. The topological polar surface area (TPSA) is 20.3 Å². The van der Waals surface area contributed by atoms with E-state index in [2.05, 4.69) is 0 Å². The SMILES string of the molecule is CC(C)(C)N(Cc1ccsc1)C(=O)Cl. The first-order valence-electron chi connectivity index (χ1n) is 4.39. The molecule has 1 amide bonds. The van der Waals surface area contributed by atoms with Crippen LogP contribution in [-0.4, -0.2) is 15.8 Å². The number of thiophene rings is 1. The Balaban J connectivity index is 2.76. The third-order valence-corrected chi connectivity index (χ3v) is 2.88. The van der Waals surface area contributed by atoms with Crippen LogP contribution >= 0.6 is 22.9 Å². The molecule has 14 heavy (non-hydrogen) atoms. The Bertz CT molecular complexity index is 302. The Hall–Kier alpha value is -0.540. The molecule has 0 aromatic carbocycles. The van der Waals surface area contributed by atoms with Crippen LogP contribution in [0.4, 0.5) is 4.79 Å². The van der Waals surface area contributed by atoms with E-state index < -0.39 is 5.37 Å². The minimum absolute atomic E-state index is 0.235. The van der Waals surface area contributed by atoms with E-state index in [1.807, 2.05) is 37.6 Å². The highest BCUT2D eigenvalue weighted by Crippen LogP contribution is 2.20. The summed E-state index contributed by atoms with van der Waals surface area (Å²) in [5.41, 5.74) is 0.889.